The number of aromatic nitrogens is 1. The van der Waals surface area contributed by atoms with E-state index >= 15 is 8.78 Å². The van der Waals surface area contributed by atoms with Gasteiger partial charge in [-0.1, -0.05) is 41.9 Å². The van der Waals surface area contributed by atoms with Crippen molar-refractivity contribution in [2.24, 2.45) is 0 Å². The highest BCUT2D eigenvalue weighted by atomic mass is 35.5. The number of likely N-dealkylation sites (tertiary alicyclic amines) is 1. The third-order valence-corrected chi connectivity index (χ3v) is 9.15. The van der Waals surface area contributed by atoms with Gasteiger partial charge in [0.15, 0.2) is 11.4 Å². The summed E-state index contributed by atoms with van der Waals surface area (Å²) in [6.45, 7) is 5.77. The van der Waals surface area contributed by atoms with Crippen molar-refractivity contribution in [3.05, 3.63) is 75.9 Å². The number of aliphatic hydroxyl groups is 1. The summed E-state index contributed by atoms with van der Waals surface area (Å²) in [6, 6.07) is 9.82. The second kappa shape index (κ2) is 12.0. The third-order valence-electron chi connectivity index (χ3n) is 8.78. The first-order chi connectivity index (χ1) is 21.8. The number of rotatable bonds is 6. The number of hydrogen-bond donors (Lipinski definition) is 1. The zero-order valence-electron chi connectivity index (χ0n) is 25.9. The van der Waals surface area contributed by atoms with Crippen LogP contribution in [0.15, 0.2) is 42.6 Å². The van der Waals surface area contributed by atoms with Gasteiger partial charge in [0, 0.05) is 41.9 Å². The molecule has 1 saturated heterocycles. The molecule has 0 radical (unpaired) electrons. The molecular weight excluding hydrogens is 622 g/mol. The number of ether oxygens (including phenoxy) is 4. The van der Waals surface area contributed by atoms with Crippen molar-refractivity contribution in [3.8, 4) is 22.8 Å². The molecule has 12 heteroatoms. The van der Waals surface area contributed by atoms with Crippen LogP contribution in [0.2, 0.25) is 5.02 Å². The van der Waals surface area contributed by atoms with E-state index in [1.165, 1.54) is 0 Å². The molecule has 1 aliphatic carbocycles. The molecule has 4 atom stereocenters. The Kier molecular flexibility index (Phi) is 8.35. The topological polar surface area (TPSA) is 107 Å². The molecule has 0 spiro atoms. The lowest BCUT2D eigenvalue weighted by atomic mass is 9.80. The Balaban J connectivity index is 1.53. The summed E-state index contributed by atoms with van der Waals surface area (Å²) in [6.07, 6.45) is 1.31. The number of esters is 1. The van der Waals surface area contributed by atoms with Gasteiger partial charge in [0.1, 0.15) is 23.3 Å². The van der Waals surface area contributed by atoms with Crippen LogP contribution < -0.4 is 9.47 Å². The Labute approximate surface area is 270 Å². The lowest BCUT2D eigenvalue weighted by Crippen LogP contribution is -2.53. The molecule has 1 saturated carbocycles. The van der Waals surface area contributed by atoms with Gasteiger partial charge in [0.25, 0.3) is 5.88 Å². The van der Waals surface area contributed by atoms with Crippen LogP contribution in [0, 0.1) is 11.6 Å². The molecular formula is C34H35ClF2N2O7. The van der Waals surface area contributed by atoms with Crippen molar-refractivity contribution in [1.29, 1.82) is 0 Å². The second-order valence-electron chi connectivity index (χ2n) is 12.8. The van der Waals surface area contributed by atoms with Crippen LogP contribution in [0.3, 0.4) is 0 Å². The van der Waals surface area contributed by atoms with Crippen molar-refractivity contribution in [3.63, 3.8) is 0 Å². The number of carbonyl (C=O) groups is 2. The van der Waals surface area contributed by atoms with Crippen LogP contribution in [-0.2, 0) is 21.5 Å². The molecule has 2 fully saturated rings. The van der Waals surface area contributed by atoms with E-state index in [0.717, 1.165) is 19.4 Å². The highest BCUT2D eigenvalue weighted by Crippen LogP contribution is 2.53. The molecule has 46 heavy (non-hydrogen) atoms. The minimum absolute atomic E-state index is 0.0472. The molecule has 0 bridgehead atoms. The van der Waals surface area contributed by atoms with E-state index in [9.17, 15) is 14.7 Å². The monoisotopic (exact) mass is 656 g/mol. The van der Waals surface area contributed by atoms with Crippen LogP contribution in [-0.4, -0.2) is 64.6 Å². The highest BCUT2D eigenvalue weighted by Gasteiger charge is 2.54. The van der Waals surface area contributed by atoms with Gasteiger partial charge in [-0.25, -0.2) is 23.4 Å². The number of halogens is 3. The first kappa shape index (κ1) is 32.0. The number of nitrogens with zero attached hydrogens (tertiary/aromatic N) is 2. The molecule has 9 nitrogen and oxygen atoms in total. The highest BCUT2D eigenvalue weighted by molar-refractivity contribution is 6.34. The van der Waals surface area contributed by atoms with Crippen LogP contribution in [0.1, 0.15) is 67.9 Å². The second-order valence-corrected chi connectivity index (χ2v) is 13.2. The van der Waals surface area contributed by atoms with Gasteiger partial charge in [0.05, 0.1) is 29.8 Å². The summed E-state index contributed by atoms with van der Waals surface area (Å²) < 4.78 is 55.3. The van der Waals surface area contributed by atoms with Gasteiger partial charge < -0.3 is 29.0 Å². The number of pyridine rings is 1. The average Bonchev–Trinajstić information content (AvgIpc) is 3.66. The number of hydrogen-bond acceptors (Lipinski definition) is 8. The van der Waals surface area contributed by atoms with Crippen LogP contribution in [0.25, 0.3) is 11.1 Å². The minimum Gasteiger partial charge on any atom is -0.480 e. The minimum atomic E-state index is -1.24. The molecule has 1 aromatic heterocycles. The molecule has 2 aliphatic heterocycles. The Morgan fingerprint density at radius 1 is 1.13 bits per heavy atom. The van der Waals surface area contributed by atoms with E-state index in [0.29, 0.717) is 43.4 Å². The standard InChI is InChI=1S/C34H35ClF2N2O7/c1-33(2,3)46-32(42)39-14-8-11-25(39)34(18-9-6-5-7-10-18)16-19-24(45-34)15-21(36)28(35)26(19)27-20(31(41)43-4)17-38-30(29(27)37)44-23-13-12-22(23)40/h5-7,9-10,15,17,22-23,25,40H,8,11-14,16H2,1-4H3/t22-,23+,25+,34+/m1/s1. The SMILES string of the molecule is COC(=O)c1cnc(O[C@H]2CC[C@H]2O)c(F)c1-c1c(Cl)c(F)cc2c1C[C@](c1ccccc1)([C@@H]1CCCN1C(=O)OC(C)(C)C)O2. The molecule has 2 aromatic carbocycles. The summed E-state index contributed by atoms with van der Waals surface area (Å²) >= 11 is 6.64. The van der Waals surface area contributed by atoms with E-state index in [1.54, 1.807) is 25.7 Å². The number of methoxy groups -OCH3 is 1. The Bertz CT molecular complexity index is 1680. The van der Waals surface area contributed by atoms with E-state index < -0.39 is 64.1 Å². The summed E-state index contributed by atoms with van der Waals surface area (Å²) in [5, 5.41) is 9.62. The Morgan fingerprint density at radius 3 is 2.50 bits per heavy atom. The van der Waals surface area contributed by atoms with Crippen molar-refractivity contribution in [2.45, 2.75) is 82.3 Å². The van der Waals surface area contributed by atoms with Gasteiger partial charge >= 0.3 is 12.1 Å². The first-order valence-electron chi connectivity index (χ1n) is 15.2. The van der Waals surface area contributed by atoms with E-state index in [2.05, 4.69) is 4.98 Å². The maximum absolute atomic E-state index is 16.5. The summed E-state index contributed by atoms with van der Waals surface area (Å²) in [5.41, 5.74) is -1.73. The fraction of sp³-hybridized carbons (Fsp3) is 0.441. The maximum Gasteiger partial charge on any atom is 0.410 e. The number of aliphatic hydroxyl groups excluding tert-OH is 1. The summed E-state index contributed by atoms with van der Waals surface area (Å²) in [5.74, 6) is -3.28. The Morgan fingerprint density at radius 2 is 1.87 bits per heavy atom. The van der Waals surface area contributed by atoms with Gasteiger partial charge in [-0.05, 0) is 52.0 Å². The molecule has 3 heterocycles. The zero-order valence-corrected chi connectivity index (χ0v) is 26.7. The molecule has 3 aliphatic rings. The summed E-state index contributed by atoms with van der Waals surface area (Å²) in [4.78, 5) is 32.1. The predicted octanol–water partition coefficient (Wildman–Crippen LogP) is 6.60. The molecule has 244 valence electrons. The van der Waals surface area contributed by atoms with Crippen LogP contribution in [0.4, 0.5) is 13.6 Å². The van der Waals surface area contributed by atoms with E-state index in [1.807, 2.05) is 30.3 Å². The first-order valence-corrected chi connectivity index (χ1v) is 15.6. The van der Waals surface area contributed by atoms with E-state index in [-0.39, 0.29) is 28.9 Å². The van der Waals surface area contributed by atoms with Gasteiger partial charge in [-0.3, -0.25) is 0 Å². The van der Waals surface area contributed by atoms with Crippen molar-refractivity contribution >= 4 is 23.7 Å². The maximum atomic E-state index is 16.5. The zero-order chi connectivity index (χ0) is 33.0. The average molecular weight is 657 g/mol. The molecule has 1 N–H and O–H groups in total. The van der Waals surface area contributed by atoms with Gasteiger partial charge in [0.2, 0.25) is 0 Å². The predicted molar refractivity (Wildman–Crippen MR) is 164 cm³/mol. The fourth-order valence-electron chi connectivity index (χ4n) is 6.51. The number of amides is 1. The molecule has 3 aromatic rings. The molecule has 1 amide bonds. The normalized spacial score (nSPS) is 23.7. The molecule has 0 unspecified atom stereocenters. The number of fused-ring (bicyclic) bond motifs is 1. The van der Waals surface area contributed by atoms with Crippen molar-refractivity contribution in [1.82, 2.24) is 9.88 Å². The quantitative estimate of drug-likeness (QED) is 0.296. The van der Waals surface area contributed by atoms with Gasteiger partial charge in [-0.2, -0.15) is 0 Å². The number of benzene rings is 2. The molecule has 6 rings (SSSR count). The number of carbonyl (C=O) groups excluding carboxylic acids is 2. The smallest absolute Gasteiger partial charge is 0.410 e. The van der Waals surface area contributed by atoms with E-state index in [4.69, 9.17) is 30.5 Å². The van der Waals surface area contributed by atoms with Crippen molar-refractivity contribution < 1.29 is 42.4 Å². The Hall–Kier alpha value is -3.96. The fourth-order valence-corrected chi connectivity index (χ4v) is 6.77. The summed E-state index contributed by atoms with van der Waals surface area (Å²) in [7, 11) is 1.13. The lowest BCUT2D eigenvalue weighted by molar-refractivity contribution is -0.0400. The lowest BCUT2D eigenvalue weighted by Gasteiger charge is -2.40. The largest absolute Gasteiger partial charge is 0.480 e. The van der Waals surface area contributed by atoms with Crippen molar-refractivity contribution in [2.75, 3.05) is 13.7 Å². The third kappa shape index (κ3) is 5.53. The van der Waals surface area contributed by atoms with Crippen LogP contribution >= 0.6 is 11.6 Å². The van der Waals surface area contributed by atoms with Gasteiger partial charge in [-0.15, -0.1) is 0 Å². The van der Waals surface area contributed by atoms with Crippen LogP contribution in [0.5, 0.6) is 11.6 Å².